The molecule has 16 heavy (non-hydrogen) atoms. The minimum Gasteiger partial charge on any atom is -0.479 e. The van der Waals surface area contributed by atoms with E-state index in [1.807, 2.05) is 0 Å². The van der Waals surface area contributed by atoms with Gasteiger partial charge in [0.15, 0.2) is 11.3 Å². The topological polar surface area (TPSA) is 132 Å². The van der Waals surface area contributed by atoms with Gasteiger partial charge in [-0.05, 0) is 12.1 Å². The van der Waals surface area contributed by atoms with Gasteiger partial charge in [0.1, 0.15) is 0 Å². The Labute approximate surface area is 92.0 Å². The van der Waals surface area contributed by atoms with Gasteiger partial charge in [-0.1, -0.05) is 12.1 Å². The van der Waals surface area contributed by atoms with Crippen LogP contribution in [0.5, 0.6) is 0 Å². The SMILES string of the molecule is NCC(N)(C(=O)O)C(=O)c1ccccc1N. The van der Waals surface area contributed by atoms with Gasteiger partial charge in [-0.15, -0.1) is 0 Å². The summed E-state index contributed by atoms with van der Waals surface area (Å²) >= 11 is 0. The van der Waals surface area contributed by atoms with Gasteiger partial charge < -0.3 is 22.3 Å². The van der Waals surface area contributed by atoms with Crippen LogP contribution in [-0.2, 0) is 4.79 Å². The maximum Gasteiger partial charge on any atom is 0.333 e. The lowest BCUT2D eigenvalue weighted by Crippen LogP contribution is -2.60. The molecular weight excluding hydrogens is 210 g/mol. The fourth-order valence-electron chi connectivity index (χ4n) is 1.22. The summed E-state index contributed by atoms with van der Waals surface area (Å²) in [6.07, 6.45) is 0. The molecule has 0 bridgehead atoms. The van der Waals surface area contributed by atoms with Crippen LogP contribution in [0, 0.1) is 0 Å². The number of carboxylic acid groups (broad SMARTS) is 1. The van der Waals surface area contributed by atoms with Gasteiger partial charge >= 0.3 is 5.97 Å². The summed E-state index contributed by atoms with van der Waals surface area (Å²) in [4.78, 5) is 22.8. The number of nitrogen functional groups attached to an aromatic ring is 1. The Kier molecular flexibility index (Phi) is 3.26. The van der Waals surface area contributed by atoms with Gasteiger partial charge in [-0.3, -0.25) is 4.79 Å². The summed E-state index contributed by atoms with van der Waals surface area (Å²) in [5.74, 6) is -2.26. The van der Waals surface area contributed by atoms with E-state index in [4.69, 9.17) is 22.3 Å². The van der Waals surface area contributed by atoms with E-state index in [2.05, 4.69) is 0 Å². The zero-order chi connectivity index (χ0) is 12.3. The largest absolute Gasteiger partial charge is 0.479 e. The minimum atomic E-state index is -2.13. The first kappa shape index (κ1) is 12.2. The summed E-state index contributed by atoms with van der Waals surface area (Å²) in [7, 11) is 0. The monoisotopic (exact) mass is 223 g/mol. The molecule has 0 fully saturated rings. The lowest BCUT2D eigenvalue weighted by Gasteiger charge is -2.21. The molecule has 1 unspecified atom stereocenters. The quantitative estimate of drug-likeness (QED) is 0.300. The van der Waals surface area contributed by atoms with Crippen LogP contribution in [-0.4, -0.2) is 28.9 Å². The summed E-state index contributed by atoms with van der Waals surface area (Å²) in [6.45, 7) is -0.491. The van der Waals surface area contributed by atoms with E-state index in [1.165, 1.54) is 12.1 Å². The third-order valence-corrected chi connectivity index (χ3v) is 2.31. The number of carboxylic acids is 1. The fourth-order valence-corrected chi connectivity index (χ4v) is 1.22. The van der Waals surface area contributed by atoms with Crippen LogP contribution in [0.4, 0.5) is 5.69 Å². The highest BCUT2D eigenvalue weighted by molar-refractivity contribution is 6.18. The number of nitrogens with two attached hydrogens (primary N) is 3. The van der Waals surface area contributed by atoms with E-state index in [1.54, 1.807) is 12.1 Å². The van der Waals surface area contributed by atoms with Crippen LogP contribution in [0.2, 0.25) is 0 Å². The van der Waals surface area contributed by atoms with Crippen molar-refractivity contribution in [1.29, 1.82) is 0 Å². The average molecular weight is 223 g/mol. The zero-order valence-corrected chi connectivity index (χ0v) is 8.51. The van der Waals surface area contributed by atoms with Crippen LogP contribution in [0.1, 0.15) is 10.4 Å². The number of ketones is 1. The first-order valence-corrected chi connectivity index (χ1v) is 4.55. The molecule has 1 aromatic rings. The molecule has 0 saturated carbocycles. The summed E-state index contributed by atoms with van der Waals surface area (Å²) < 4.78 is 0. The normalized spacial score (nSPS) is 14.1. The molecule has 6 heteroatoms. The number of aliphatic carboxylic acids is 1. The molecule has 0 radical (unpaired) electrons. The van der Waals surface area contributed by atoms with Gasteiger partial charge in [0, 0.05) is 17.8 Å². The molecule has 1 atom stereocenters. The fraction of sp³-hybridized carbons (Fsp3) is 0.200. The Morgan fingerprint density at radius 3 is 2.31 bits per heavy atom. The Bertz CT molecular complexity index is 433. The number of carbonyl (C=O) groups is 2. The third-order valence-electron chi connectivity index (χ3n) is 2.31. The van der Waals surface area contributed by atoms with Crippen molar-refractivity contribution in [3.05, 3.63) is 29.8 Å². The molecule has 1 rings (SSSR count). The van der Waals surface area contributed by atoms with Gasteiger partial charge in [-0.2, -0.15) is 0 Å². The predicted molar refractivity (Wildman–Crippen MR) is 58.8 cm³/mol. The molecule has 0 spiro atoms. The highest BCUT2D eigenvalue weighted by Crippen LogP contribution is 2.17. The number of hydrogen-bond acceptors (Lipinski definition) is 5. The third kappa shape index (κ3) is 1.88. The molecule has 0 amide bonds. The molecule has 0 aliphatic heterocycles. The summed E-state index contributed by atoms with van der Waals surface area (Å²) in [5, 5.41) is 8.89. The Hall–Kier alpha value is -1.92. The van der Waals surface area contributed by atoms with E-state index < -0.39 is 23.8 Å². The standard InChI is InChI=1S/C10H13N3O3/c11-5-10(13,9(15)16)8(14)6-3-1-2-4-7(6)12/h1-4H,5,11-13H2,(H,15,16). The van der Waals surface area contributed by atoms with Crippen molar-refractivity contribution in [3.63, 3.8) is 0 Å². The number of benzene rings is 1. The Morgan fingerprint density at radius 2 is 1.88 bits per heavy atom. The highest BCUT2D eigenvalue weighted by atomic mass is 16.4. The van der Waals surface area contributed by atoms with Crippen LogP contribution < -0.4 is 17.2 Å². The number of para-hydroxylation sites is 1. The van der Waals surface area contributed by atoms with Crippen LogP contribution in [0.25, 0.3) is 0 Å². The number of Topliss-reactive ketones (excluding diaryl/α,β-unsaturated/α-hetero) is 1. The predicted octanol–water partition coefficient (Wildman–Crippen LogP) is -0.808. The van der Waals surface area contributed by atoms with E-state index >= 15 is 0 Å². The minimum absolute atomic E-state index is 0.0675. The molecule has 86 valence electrons. The van der Waals surface area contributed by atoms with Gasteiger partial charge in [-0.25, -0.2) is 4.79 Å². The van der Waals surface area contributed by atoms with Crippen LogP contribution >= 0.6 is 0 Å². The van der Waals surface area contributed by atoms with E-state index in [0.717, 1.165) is 0 Å². The van der Waals surface area contributed by atoms with Crippen molar-refractivity contribution in [3.8, 4) is 0 Å². The van der Waals surface area contributed by atoms with Crippen LogP contribution in [0.3, 0.4) is 0 Å². The average Bonchev–Trinajstić information content (AvgIpc) is 2.27. The molecule has 0 heterocycles. The number of rotatable bonds is 4. The van der Waals surface area contributed by atoms with E-state index in [-0.39, 0.29) is 11.3 Å². The first-order valence-electron chi connectivity index (χ1n) is 4.55. The molecular formula is C10H13N3O3. The van der Waals surface area contributed by atoms with E-state index in [0.29, 0.717) is 0 Å². The molecule has 0 aliphatic rings. The molecule has 0 aromatic heterocycles. The maximum atomic E-state index is 11.9. The van der Waals surface area contributed by atoms with E-state index in [9.17, 15) is 9.59 Å². The molecule has 0 aliphatic carbocycles. The second-order valence-electron chi connectivity index (χ2n) is 3.40. The number of anilines is 1. The van der Waals surface area contributed by atoms with Crippen molar-refractivity contribution in [2.24, 2.45) is 11.5 Å². The smallest absolute Gasteiger partial charge is 0.333 e. The van der Waals surface area contributed by atoms with Crippen molar-refractivity contribution >= 4 is 17.4 Å². The van der Waals surface area contributed by atoms with Crippen LogP contribution in [0.15, 0.2) is 24.3 Å². The lowest BCUT2D eigenvalue weighted by molar-refractivity contribution is -0.140. The second-order valence-corrected chi connectivity index (χ2v) is 3.40. The molecule has 1 aromatic carbocycles. The zero-order valence-electron chi connectivity index (χ0n) is 8.51. The van der Waals surface area contributed by atoms with Crippen molar-refractivity contribution < 1.29 is 14.7 Å². The summed E-state index contributed by atoms with van der Waals surface area (Å²) in [6, 6.07) is 6.11. The lowest BCUT2D eigenvalue weighted by atomic mass is 9.89. The molecule has 7 N–H and O–H groups in total. The van der Waals surface area contributed by atoms with Gasteiger partial charge in [0.2, 0.25) is 0 Å². The van der Waals surface area contributed by atoms with Gasteiger partial charge in [0.05, 0.1) is 0 Å². The van der Waals surface area contributed by atoms with Crippen molar-refractivity contribution in [1.82, 2.24) is 0 Å². The Morgan fingerprint density at radius 1 is 1.31 bits per heavy atom. The van der Waals surface area contributed by atoms with Gasteiger partial charge in [0.25, 0.3) is 0 Å². The highest BCUT2D eigenvalue weighted by Gasteiger charge is 2.41. The number of hydrogen-bond donors (Lipinski definition) is 4. The summed E-state index contributed by atoms with van der Waals surface area (Å²) in [5.41, 5.74) is 14.4. The first-order chi connectivity index (χ1) is 7.43. The second kappa shape index (κ2) is 4.30. The molecule has 0 saturated heterocycles. The van der Waals surface area contributed by atoms with Crippen molar-refractivity contribution in [2.75, 3.05) is 12.3 Å². The maximum absolute atomic E-state index is 11.9. The number of carbonyl (C=O) groups excluding carboxylic acids is 1. The molecule has 6 nitrogen and oxygen atoms in total. The van der Waals surface area contributed by atoms with Crippen molar-refractivity contribution in [2.45, 2.75) is 5.54 Å². The Balaban J connectivity index is 3.21.